The van der Waals surface area contributed by atoms with Crippen LogP contribution in [0.4, 0.5) is 8.78 Å². The van der Waals surface area contributed by atoms with Crippen molar-refractivity contribution < 1.29 is 13.5 Å². The van der Waals surface area contributed by atoms with Crippen LogP contribution in [-0.2, 0) is 5.92 Å². The van der Waals surface area contributed by atoms with Crippen LogP contribution in [0.5, 0.6) is 5.75 Å². The maximum atomic E-state index is 14.0. The summed E-state index contributed by atoms with van der Waals surface area (Å²) in [6.45, 7) is 4.54. The third-order valence-electron chi connectivity index (χ3n) is 2.77. The number of methoxy groups -OCH3 is 1. The van der Waals surface area contributed by atoms with Gasteiger partial charge in [-0.1, -0.05) is 11.6 Å². The van der Waals surface area contributed by atoms with E-state index in [1.807, 2.05) is 0 Å². The zero-order valence-electron chi connectivity index (χ0n) is 10.3. The minimum atomic E-state index is -3.17. The molecule has 5 heteroatoms. The van der Waals surface area contributed by atoms with Crippen LogP contribution in [0.2, 0.25) is 5.02 Å². The highest BCUT2D eigenvalue weighted by Crippen LogP contribution is 2.42. The molecule has 1 aromatic rings. The Bertz CT molecular complexity index is 433. The Morgan fingerprint density at radius 2 is 1.94 bits per heavy atom. The maximum absolute atomic E-state index is 14.0. The summed E-state index contributed by atoms with van der Waals surface area (Å²) in [7, 11) is 1.35. The molecule has 0 aromatic heterocycles. The van der Waals surface area contributed by atoms with Gasteiger partial charge >= 0.3 is 0 Å². The molecule has 0 saturated carbocycles. The molecule has 2 N–H and O–H groups in total. The molecular weight excluding hydrogens is 248 g/mol. The third-order valence-corrected chi connectivity index (χ3v) is 3.35. The second-order valence-electron chi connectivity index (χ2n) is 4.12. The van der Waals surface area contributed by atoms with Crippen LogP contribution in [-0.4, -0.2) is 13.2 Å². The van der Waals surface area contributed by atoms with Gasteiger partial charge in [-0.25, -0.2) is 0 Å². The molecule has 0 aliphatic heterocycles. The summed E-state index contributed by atoms with van der Waals surface area (Å²) in [6.07, 6.45) is 0. The topological polar surface area (TPSA) is 35.2 Å². The zero-order valence-corrected chi connectivity index (χ0v) is 11.0. The molecule has 0 amide bonds. The first-order chi connectivity index (χ1) is 7.73. The van der Waals surface area contributed by atoms with Crippen molar-refractivity contribution in [1.82, 2.24) is 0 Å². The molecule has 1 aromatic carbocycles. The van der Waals surface area contributed by atoms with Crippen LogP contribution in [0, 0.1) is 13.8 Å². The molecule has 2 nitrogen and oxygen atoms in total. The van der Waals surface area contributed by atoms with Gasteiger partial charge in [0.15, 0.2) is 0 Å². The van der Waals surface area contributed by atoms with E-state index in [4.69, 9.17) is 22.1 Å². The lowest BCUT2D eigenvalue weighted by Gasteiger charge is -2.25. The van der Waals surface area contributed by atoms with Crippen molar-refractivity contribution in [2.24, 2.45) is 5.73 Å². The minimum absolute atomic E-state index is 0.117. The van der Waals surface area contributed by atoms with E-state index in [0.717, 1.165) is 0 Å². The van der Waals surface area contributed by atoms with E-state index in [9.17, 15) is 8.78 Å². The summed E-state index contributed by atoms with van der Waals surface area (Å²) in [5, 5.41) is 0.320. The molecular formula is C12H16ClF2NO. The molecule has 0 aliphatic carbocycles. The highest BCUT2D eigenvalue weighted by molar-refractivity contribution is 6.32. The smallest absolute Gasteiger partial charge is 0.291 e. The van der Waals surface area contributed by atoms with Crippen molar-refractivity contribution in [3.8, 4) is 5.75 Å². The summed E-state index contributed by atoms with van der Waals surface area (Å²) in [4.78, 5) is 0. The number of nitrogens with two attached hydrogens (primary N) is 1. The number of hydrogen-bond acceptors (Lipinski definition) is 2. The van der Waals surface area contributed by atoms with E-state index in [0.29, 0.717) is 16.1 Å². The average molecular weight is 264 g/mol. The molecule has 0 bridgehead atoms. The predicted molar refractivity (Wildman–Crippen MR) is 65.0 cm³/mol. The molecule has 0 spiro atoms. The van der Waals surface area contributed by atoms with Gasteiger partial charge in [0.1, 0.15) is 5.75 Å². The standard InChI is InChI=1S/C12H16ClF2NO/c1-6-5-9(17-4)10(7(2)11(6)13)12(14,15)8(3)16/h5,8H,16H2,1-4H3. The molecule has 1 rings (SSSR count). The summed E-state index contributed by atoms with van der Waals surface area (Å²) in [5.41, 5.74) is 6.11. The van der Waals surface area contributed by atoms with Gasteiger partial charge in [0.2, 0.25) is 0 Å². The van der Waals surface area contributed by atoms with Crippen molar-refractivity contribution in [3.05, 3.63) is 27.8 Å². The third kappa shape index (κ3) is 2.38. The summed E-state index contributed by atoms with van der Waals surface area (Å²) < 4.78 is 33.1. The fourth-order valence-electron chi connectivity index (χ4n) is 1.73. The number of rotatable bonds is 3. The Hall–Kier alpha value is -0.870. The van der Waals surface area contributed by atoms with Crippen molar-refractivity contribution in [2.45, 2.75) is 32.7 Å². The van der Waals surface area contributed by atoms with Crippen LogP contribution in [0.1, 0.15) is 23.6 Å². The normalized spacial score (nSPS) is 13.6. The van der Waals surface area contributed by atoms with Crippen LogP contribution < -0.4 is 10.5 Å². The highest BCUT2D eigenvalue weighted by Gasteiger charge is 2.41. The number of halogens is 3. The van der Waals surface area contributed by atoms with Gasteiger partial charge in [0.25, 0.3) is 5.92 Å². The molecule has 0 aliphatic rings. The van der Waals surface area contributed by atoms with E-state index in [2.05, 4.69) is 0 Å². The van der Waals surface area contributed by atoms with Crippen molar-refractivity contribution in [2.75, 3.05) is 7.11 Å². The SMILES string of the molecule is COc1cc(C)c(Cl)c(C)c1C(F)(F)C(C)N. The maximum Gasteiger partial charge on any atom is 0.291 e. The van der Waals surface area contributed by atoms with Gasteiger partial charge in [-0.15, -0.1) is 0 Å². The zero-order chi connectivity index (χ0) is 13.4. The fraction of sp³-hybridized carbons (Fsp3) is 0.500. The van der Waals surface area contributed by atoms with Crippen LogP contribution in [0.3, 0.4) is 0 Å². The lowest BCUT2D eigenvalue weighted by Crippen LogP contribution is -2.36. The van der Waals surface area contributed by atoms with Gasteiger partial charge in [-0.3, -0.25) is 0 Å². The minimum Gasteiger partial charge on any atom is -0.496 e. The van der Waals surface area contributed by atoms with E-state index >= 15 is 0 Å². The Labute approximate surface area is 105 Å². The Morgan fingerprint density at radius 3 is 2.35 bits per heavy atom. The van der Waals surface area contributed by atoms with E-state index in [1.165, 1.54) is 20.1 Å². The highest BCUT2D eigenvalue weighted by atomic mass is 35.5. The number of benzene rings is 1. The first-order valence-corrected chi connectivity index (χ1v) is 5.58. The van der Waals surface area contributed by atoms with E-state index < -0.39 is 12.0 Å². The van der Waals surface area contributed by atoms with Gasteiger partial charge < -0.3 is 10.5 Å². The van der Waals surface area contributed by atoms with E-state index in [1.54, 1.807) is 13.8 Å². The second kappa shape index (κ2) is 4.78. The molecule has 0 fully saturated rings. The predicted octanol–water partition coefficient (Wildman–Crippen LogP) is 3.40. The Balaban J connectivity index is 3.57. The molecule has 1 unspecified atom stereocenters. The van der Waals surface area contributed by atoms with Crippen LogP contribution in [0.25, 0.3) is 0 Å². The van der Waals surface area contributed by atoms with Crippen LogP contribution in [0.15, 0.2) is 6.07 Å². The monoisotopic (exact) mass is 263 g/mol. The molecule has 0 saturated heterocycles. The Morgan fingerprint density at radius 1 is 1.41 bits per heavy atom. The number of ether oxygens (including phenoxy) is 1. The first kappa shape index (κ1) is 14.2. The lowest BCUT2D eigenvalue weighted by atomic mass is 9.95. The summed E-state index contributed by atoms with van der Waals surface area (Å²) in [5.74, 6) is -3.06. The van der Waals surface area contributed by atoms with Crippen molar-refractivity contribution in [3.63, 3.8) is 0 Å². The number of aryl methyl sites for hydroxylation is 1. The van der Waals surface area contributed by atoms with E-state index in [-0.39, 0.29) is 11.3 Å². The molecule has 1 atom stereocenters. The van der Waals surface area contributed by atoms with Gasteiger partial charge in [-0.05, 0) is 38.0 Å². The first-order valence-electron chi connectivity index (χ1n) is 5.21. The number of alkyl halides is 2. The lowest BCUT2D eigenvalue weighted by molar-refractivity contribution is -0.0281. The molecule has 0 radical (unpaired) electrons. The second-order valence-corrected chi connectivity index (χ2v) is 4.50. The number of hydrogen-bond donors (Lipinski definition) is 1. The van der Waals surface area contributed by atoms with Gasteiger partial charge in [0.05, 0.1) is 18.7 Å². The average Bonchev–Trinajstić information content (AvgIpc) is 2.24. The van der Waals surface area contributed by atoms with Crippen molar-refractivity contribution in [1.29, 1.82) is 0 Å². The van der Waals surface area contributed by atoms with Crippen molar-refractivity contribution >= 4 is 11.6 Å². The molecule has 96 valence electrons. The molecule has 17 heavy (non-hydrogen) atoms. The van der Waals surface area contributed by atoms with Gasteiger partial charge in [-0.2, -0.15) is 8.78 Å². The van der Waals surface area contributed by atoms with Crippen LogP contribution >= 0.6 is 11.6 Å². The quantitative estimate of drug-likeness (QED) is 0.907. The largest absolute Gasteiger partial charge is 0.496 e. The van der Waals surface area contributed by atoms with Gasteiger partial charge in [0, 0.05) is 5.02 Å². The molecule has 0 heterocycles. The summed E-state index contributed by atoms with van der Waals surface area (Å²) in [6, 6.07) is 0.190. The fourth-order valence-corrected chi connectivity index (χ4v) is 1.87. The Kier molecular flexibility index (Phi) is 3.99. The summed E-state index contributed by atoms with van der Waals surface area (Å²) >= 11 is 5.99.